The molecule has 2 aliphatic rings. The van der Waals surface area contributed by atoms with Gasteiger partial charge in [-0.05, 0) is 51.5 Å². The molecular formula is C38H66N2O10. The Morgan fingerprint density at radius 3 is 2.38 bits per heavy atom. The maximum absolute atomic E-state index is 12.8. The average Bonchev–Trinajstić information content (AvgIpc) is 3.89. The van der Waals surface area contributed by atoms with Crippen LogP contribution in [0, 0.1) is 17.8 Å². The summed E-state index contributed by atoms with van der Waals surface area (Å²) in [5.74, 6) is -0.357. The minimum Gasteiger partial charge on any atom is -0.469 e. The van der Waals surface area contributed by atoms with E-state index in [0.717, 1.165) is 37.9 Å². The van der Waals surface area contributed by atoms with E-state index in [9.17, 15) is 24.9 Å². The van der Waals surface area contributed by atoms with Crippen molar-refractivity contribution in [3.05, 3.63) is 36.0 Å². The number of carbonyl (C=O) groups is 2. The number of morpholine rings is 1. The summed E-state index contributed by atoms with van der Waals surface area (Å²) in [4.78, 5) is 26.6. The fraction of sp³-hybridized carbons (Fsp3) is 0.789. The smallest absolute Gasteiger partial charge is 0.407 e. The van der Waals surface area contributed by atoms with Gasteiger partial charge in [0.15, 0.2) is 6.10 Å². The summed E-state index contributed by atoms with van der Waals surface area (Å²) < 4.78 is 27.2. The molecule has 288 valence electrons. The number of aliphatic hydroxyl groups excluding tert-OH is 2. The highest BCUT2D eigenvalue weighted by Gasteiger charge is 2.50. The van der Waals surface area contributed by atoms with Gasteiger partial charge in [0.25, 0.3) is 0 Å². The Balaban J connectivity index is 1.96. The van der Waals surface area contributed by atoms with Gasteiger partial charge in [-0.2, -0.15) is 0 Å². The first-order valence-corrected chi connectivity index (χ1v) is 18.3. The molecule has 2 heterocycles. The molecule has 0 saturated carbocycles. The van der Waals surface area contributed by atoms with Gasteiger partial charge in [-0.3, -0.25) is 9.69 Å². The molecule has 10 unspecified atom stereocenters. The number of hydrogen-bond acceptors (Lipinski definition) is 11. The topological polar surface area (TPSA) is 160 Å². The Kier molecular flexibility index (Phi) is 19.8. The number of hydrogen-bond donors (Lipinski definition) is 4. The Morgan fingerprint density at radius 1 is 1.04 bits per heavy atom. The van der Waals surface area contributed by atoms with Gasteiger partial charge in [0.1, 0.15) is 11.7 Å². The molecule has 0 aromatic carbocycles. The number of aliphatic hydroxyl groups is 3. The van der Waals surface area contributed by atoms with Crippen LogP contribution in [0.25, 0.3) is 0 Å². The van der Waals surface area contributed by atoms with Crippen molar-refractivity contribution >= 4 is 12.1 Å². The zero-order valence-electron chi connectivity index (χ0n) is 31.7. The SMILES string of the molecule is CCCC(OC)C(C)C1OC1C(O)C(C)/C=C/C=C(\C)CC(C)/C=C/C(OC(=O)NCCN1CCOCC1)C(C)(O)CCC(O)CC(=O)OC. The monoisotopic (exact) mass is 710 g/mol. The average molecular weight is 711 g/mol. The van der Waals surface area contributed by atoms with E-state index in [1.165, 1.54) is 7.11 Å². The predicted molar refractivity (Wildman–Crippen MR) is 193 cm³/mol. The highest BCUT2D eigenvalue weighted by Crippen LogP contribution is 2.37. The molecular weight excluding hydrogens is 644 g/mol. The van der Waals surface area contributed by atoms with Crippen LogP contribution in [-0.4, -0.2) is 128 Å². The van der Waals surface area contributed by atoms with E-state index in [1.54, 1.807) is 20.1 Å². The maximum Gasteiger partial charge on any atom is 0.407 e. The highest BCUT2D eigenvalue weighted by molar-refractivity contribution is 5.69. The van der Waals surface area contributed by atoms with Crippen LogP contribution in [0.5, 0.6) is 0 Å². The Labute approximate surface area is 300 Å². The number of amides is 1. The van der Waals surface area contributed by atoms with Crippen molar-refractivity contribution in [2.24, 2.45) is 17.8 Å². The zero-order valence-corrected chi connectivity index (χ0v) is 31.7. The second-order valence-corrected chi connectivity index (χ2v) is 14.3. The van der Waals surface area contributed by atoms with Gasteiger partial charge in [-0.25, -0.2) is 4.79 Å². The summed E-state index contributed by atoms with van der Waals surface area (Å²) in [5.41, 5.74) is -0.394. The van der Waals surface area contributed by atoms with E-state index in [0.29, 0.717) is 26.3 Å². The molecule has 1 amide bonds. The third-order valence-corrected chi connectivity index (χ3v) is 9.73. The summed E-state index contributed by atoms with van der Waals surface area (Å²) in [5, 5.41) is 35.3. The van der Waals surface area contributed by atoms with E-state index in [1.807, 2.05) is 45.1 Å². The number of nitrogens with zero attached hydrogens (tertiary/aromatic N) is 1. The molecule has 0 aromatic heterocycles. The molecule has 0 radical (unpaired) electrons. The quantitative estimate of drug-likeness (QED) is 0.0522. The van der Waals surface area contributed by atoms with E-state index < -0.39 is 36.0 Å². The maximum atomic E-state index is 12.8. The lowest BCUT2D eigenvalue weighted by Gasteiger charge is -2.32. The Morgan fingerprint density at radius 2 is 1.74 bits per heavy atom. The van der Waals surface area contributed by atoms with Crippen LogP contribution in [0.4, 0.5) is 4.79 Å². The number of nitrogens with one attached hydrogen (secondary N) is 1. The third-order valence-electron chi connectivity index (χ3n) is 9.73. The largest absolute Gasteiger partial charge is 0.469 e. The van der Waals surface area contributed by atoms with Crippen LogP contribution in [0.1, 0.15) is 80.1 Å². The van der Waals surface area contributed by atoms with Crippen LogP contribution in [0.15, 0.2) is 36.0 Å². The number of rotatable bonds is 23. The van der Waals surface area contributed by atoms with Crippen molar-refractivity contribution in [3.63, 3.8) is 0 Å². The van der Waals surface area contributed by atoms with Gasteiger partial charge >= 0.3 is 12.1 Å². The van der Waals surface area contributed by atoms with Crippen LogP contribution < -0.4 is 5.32 Å². The molecule has 2 saturated heterocycles. The molecule has 2 rings (SSSR count). The lowest BCUT2D eigenvalue weighted by atomic mass is 9.89. The first-order valence-electron chi connectivity index (χ1n) is 18.3. The van der Waals surface area contributed by atoms with Crippen LogP contribution in [0.2, 0.25) is 0 Å². The molecule has 0 aliphatic carbocycles. The van der Waals surface area contributed by atoms with E-state index in [4.69, 9.17) is 18.9 Å². The van der Waals surface area contributed by atoms with E-state index in [-0.39, 0.29) is 55.3 Å². The van der Waals surface area contributed by atoms with Gasteiger partial charge in [0.05, 0.1) is 51.2 Å². The lowest BCUT2D eigenvalue weighted by molar-refractivity contribution is -0.143. The number of methoxy groups -OCH3 is 2. The Bertz CT molecular complexity index is 1090. The summed E-state index contributed by atoms with van der Waals surface area (Å²) >= 11 is 0. The predicted octanol–water partition coefficient (Wildman–Crippen LogP) is 4.17. The molecule has 0 spiro atoms. The first-order chi connectivity index (χ1) is 23.7. The fourth-order valence-corrected chi connectivity index (χ4v) is 6.32. The van der Waals surface area contributed by atoms with Crippen molar-refractivity contribution in [2.45, 2.75) is 122 Å². The summed E-state index contributed by atoms with van der Waals surface area (Å²) in [6, 6.07) is 0. The number of ether oxygens (including phenoxy) is 5. The van der Waals surface area contributed by atoms with Crippen molar-refractivity contribution in [1.82, 2.24) is 10.2 Å². The highest BCUT2D eigenvalue weighted by atomic mass is 16.6. The zero-order chi connectivity index (χ0) is 37.3. The van der Waals surface area contributed by atoms with Crippen molar-refractivity contribution in [3.8, 4) is 0 Å². The van der Waals surface area contributed by atoms with Crippen LogP contribution in [-0.2, 0) is 28.5 Å². The molecule has 10 atom stereocenters. The second kappa shape index (κ2) is 22.6. The van der Waals surface area contributed by atoms with Crippen molar-refractivity contribution in [2.75, 3.05) is 53.6 Å². The van der Waals surface area contributed by atoms with E-state index >= 15 is 0 Å². The van der Waals surface area contributed by atoms with Gasteiger partial charge in [-0.1, -0.05) is 64.0 Å². The second-order valence-electron chi connectivity index (χ2n) is 14.3. The minimum absolute atomic E-state index is 0.00180. The first kappa shape index (κ1) is 43.8. The molecule has 2 aliphatic heterocycles. The molecule has 50 heavy (non-hydrogen) atoms. The van der Waals surface area contributed by atoms with Crippen LogP contribution in [0.3, 0.4) is 0 Å². The number of epoxide rings is 1. The summed E-state index contributed by atoms with van der Waals surface area (Å²) in [6.07, 6.45) is 9.01. The summed E-state index contributed by atoms with van der Waals surface area (Å²) in [7, 11) is 2.98. The molecule has 0 aromatic rings. The standard InChI is InChI=1S/C38H66N2O10/c1-9-11-31(46-7)29(5)35-36(50-35)34(43)28(4)13-10-12-26(2)24-27(3)14-15-32(38(6,45)17-16-30(41)25-33(42)47-8)49-37(44)39-18-19-40-20-22-48-23-21-40/h10,12-15,27-32,34-36,41,43,45H,9,11,16-25H2,1-8H3,(H,39,44)/b13-10+,15-14+,26-12+. The van der Waals surface area contributed by atoms with Gasteiger partial charge < -0.3 is 44.3 Å². The molecule has 12 nitrogen and oxygen atoms in total. The van der Waals surface area contributed by atoms with Crippen molar-refractivity contribution < 1.29 is 48.6 Å². The summed E-state index contributed by atoms with van der Waals surface area (Å²) in [6.45, 7) is 15.9. The minimum atomic E-state index is -1.51. The number of carbonyl (C=O) groups excluding carboxylic acids is 2. The molecule has 12 heteroatoms. The van der Waals surface area contributed by atoms with Crippen molar-refractivity contribution in [1.29, 1.82) is 0 Å². The molecule has 0 bridgehead atoms. The van der Waals surface area contributed by atoms with Gasteiger partial charge in [0, 0.05) is 45.1 Å². The van der Waals surface area contributed by atoms with Gasteiger partial charge in [0.2, 0.25) is 0 Å². The molecule has 4 N–H and O–H groups in total. The normalized spacial score (nSPS) is 24.2. The number of alkyl carbamates (subject to hydrolysis) is 1. The number of allylic oxidation sites excluding steroid dienone is 4. The number of esters is 1. The Hall–Kier alpha value is -2.32. The third kappa shape index (κ3) is 15.9. The van der Waals surface area contributed by atoms with Crippen LogP contribution >= 0.6 is 0 Å². The van der Waals surface area contributed by atoms with E-state index in [2.05, 4.69) is 28.8 Å². The fourth-order valence-electron chi connectivity index (χ4n) is 6.32. The van der Waals surface area contributed by atoms with Gasteiger partial charge in [-0.15, -0.1) is 0 Å². The molecule has 2 fully saturated rings. The lowest BCUT2D eigenvalue weighted by Crippen LogP contribution is -2.45.